The van der Waals surface area contributed by atoms with Crippen molar-refractivity contribution in [3.63, 3.8) is 0 Å². The Kier molecular flexibility index (Phi) is 4.63. The van der Waals surface area contributed by atoms with Gasteiger partial charge in [-0.2, -0.15) is 0 Å². The monoisotopic (exact) mass is 353 g/mol. The van der Waals surface area contributed by atoms with E-state index in [0.717, 1.165) is 16.8 Å². The fraction of sp³-hybridized carbons (Fsp3) is 0.211. The first-order valence-corrected chi connectivity index (χ1v) is 8.82. The maximum atomic E-state index is 13.2. The van der Waals surface area contributed by atoms with E-state index in [9.17, 15) is 9.59 Å². The minimum Gasteiger partial charge on any atom is -0.369 e. The van der Waals surface area contributed by atoms with Crippen LogP contribution in [0.1, 0.15) is 18.1 Å². The quantitative estimate of drug-likeness (QED) is 0.578. The summed E-state index contributed by atoms with van der Waals surface area (Å²) in [6.45, 7) is 5.63. The maximum absolute atomic E-state index is 13.2. The van der Waals surface area contributed by atoms with Crippen LogP contribution in [0, 0.1) is 13.8 Å². The van der Waals surface area contributed by atoms with Crippen LogP contribution in [-0.2, 0) is 4.79 Å². The summed E-state index contributed by atoms with van der Waals surface area (Å²) in [7, 11) is 0. The fourth-order valence-corrected chi connectivity index (χ4v) is 3.45. The minimum atomic E-state index is -0.496. The van der Waals surface area contributed by atoms with E-state index in [2.05, 4.69) is 4.98 Å². The van der Waals surface area contributed by atoms with Crippen molar-refractivity contribution in [3.8, 4) is 5.69 Å². The van der Waals surface area contributed by atoms with Crippen LogP contribution in [0.25, 0.3) is 16.6 Å². The molecular weight excluding hydrogens is 334 g/mol. The number of fused-ring (bicyclic) bond motifs is 1. The molecule has 0 aliphatic carbocycles. The number of rotatable bonds is 4. The molecule has 3 aromatic rings. The molecule has 1 amide bonds. The Bertz CT molecular complexity index is 1030. The second kappa shape index (κ2) is 6.72. The van der Waals surface area contributed by atoms with Crippen LogP contribution in [0.5, 0.6) is 0 Å². The van der Waals surface area contributed by atoms with Crippen LogP contribution in [0.2, 0.25) is 0 Å². The van der Waals surface area contributed by atoms with E-state index in [1.54, 1.807) is 23.6 Å². The molecule has 128 valence electrons. The molecule has 0 saturated carbocycles. The number of aromatic nitrogens is 2. The van der Waals surface area contributed by atoms with Crippen molar-refractivity contribution < 1.29 is 4.79 Å². The summed E-state index contributed by atoms with van der Waals surface area (Å²) in [5.74, 6) is -0.445. The highest BCUT2D eigenvalue weighted by Crippen LogP contribution is 2.26. The number of amides is 1. The summed E-state index contributed by atoms with van der Waals surface area (Å²) in [6, 6.07) is 13.1. The van der Waals surface area contributed by atoms with Gasteiger partial charge in [0.1, 0.15) is 0 Å². The van der Waals surface area contributed by atoms with Gasteiger partial charge in [0.15, 0.2) is 5.16 Å². The van der Waals surface area contributed by atoms with Gasteiger partial charge in [-0.1, -0.05) is 36.0 Å². The predicted octanol–water partition coefficient (Wildman–Crippen LogP) is 2.97. The maximum Gasteiger partial charge on any atom is 0.266 e. The van der Waals surface area contributed by atoms with E-state index in [-0.39, 0.29) is 5.56 Å². The van der Waals surface area contributed by atoms with Crippen molar-refractivity contribution >= 4 is 28.6 Å². The molecule has 1 atom stereocenters. The number of carbonyl (C=O) groups excluding carboxylic acids is 1. The molecule has 0 fully saturated rings. The molecule has 2 N–H and O–H groups in total. The first kappa shape index (κ1) is 17.2. The number of primary amides is 1. The van der Waals surface area contributed by atoms with E-state index in [1.807, 2.05) is 44.2 Å². The first-order chi connectivity index (χ1) is 11.9. The zero-order chi connectivity index (χ0) is 18.1. The predicted molar refractivity (Wildman–Crippen MR) is 101 cm³/mol. The Morgan fingerprint density at radius 2 is 1.92 bits per heavy atom. The van der Waals surface area contributed by atoms with Gasteiger partial charge in [0.2, 0.25) is 5.91 Å². The van der Waals surface area contributed by atoms with Crippen LogP contribution >= 0.6 is 11.8 Å². The smallest absolute Gasteiger partial charge is 0.266 e. The first-order valence-electron chi connectivity index (χ1n) is 7.94. The van der Waals surface area contributed by atoms with Gasteiger partial charge in [0.25, 0.3) is 5.56 Å². The largest absolute Gasteiger partial charge is 0.369 e. The van der Waals surface area contributed by atoms with Crippen molar-refractivity contribution in [1.82, 2.24) is 9.55 Å². The summed E-state index contributed by atoms with van der Waals surface area (Å²) in [4.78, 5) is 29.3. The van der Waals surface area contributed by atoms with Crippen LogP contribution in [0.4, 0.5) is 0 Å². The van der Waals surface area contributed by atoms with Gasteiger partial charge in [-0.25, -0.2) is 4.98 Å². The molecule has 0 aliphatic heterocycles. The lowest BCUT2D eigenvalue weighted by Gasteiger charge is -2.17. The van der Waals surface area contributed by atoms with Gasteiger partial charge in [0.05, 0.1) is 21.8 Å². The second-order valence-corrected chi connectivity index (χ2v) is 7.31. The number of para-hydroxylation sites is 1. The number of nitrogens with zero attached hydrogens (tertiary/aromatic N) is 2. The average molecular weight is 353 g/mol. The second-order valence-electron chi connectivity index (χ2n) is 6.00. The molecule has 5 nitrogen and oxygen atoms in total. The highest BCUT2D eigenvalue weighted by atomic mass is 32.2. The standard InChI is InChI=1S/C19H19N3O2S/c1-11-8-9-12(2)16(10-11)22-18(24)14-6-4-5-7-15(14)21-19(22)25-13(3)17(20)23/h4-10,13H,1-3H3,(H2,20,23). The number of aryl methyl sites for hydroxylation is 2. The van der Waals surface area contributed by atoms with Gasteiger partial charge < -0.3 is 5.73 Å². The highest BCUT2D eigenvalue weighted by Gasteiger charge is 2.19. The summed E-state index contributed by atoms with van der Waals surface area (Å²) in [5, 5.41) is 0.507. The number of thioether (sulfide) groups is 1. The van der Waals surface area contributed by atoms with Gasteiger partial charge in [0, 0.05) is 0 Å². The summed E-state index contributed by atoms with van der Waals surface area (Å²) < 4.78 is 1.58. The van der Waals surface area contributed by atoms with E-state index >= 15 is 0 Å². The van der Waals surface area contributed by atoms with Crippen molar-refractivity contribution in [1.29, 1.82) is 0 Å². The third kappa shape index (κ3) is 3.30. The molecule has 0 bridgehead atoms. The van der Waals surface area contributed by atoms with Crippen LogP contribution in [0.3, 0.4) is 0 Å². The van der Waals surface area contributed by atoms with E-state index in [4.69, 9.17) is 5.73 Å². The topological polar surface area (TPSA) is 78.0 Å². The minimum absolute atomic E-state index is 0.154. The zero-order valence-corrected chi connectivity index (χ0v) is 15.1. The molecule has 1 heterocycles. The summed E-state index contributed by atoms with van der Waals surface area (Å²) in [5.41, 5.74) is 8.62. The Morgan fingerprint density at radius 1 is 1.20 bits per heavy atom. The summed E-state index contributed by atoms with van der Waals surface area (Å²) >= 11 is 1.19. The number of hydrogen-bond donors (Lipinski definition) is 1. The fourth-order valence-electron chi connectivity index (χ4n) is 2.58. The van der Waals surface area contributed by atoms with Gasteiger partial charge in [-0.3, -0.25) is 14.2 Å². The molecule has 3 rings (SSSR count). The Labute approximate surface area is 149 Å². The molecule has 0 aliphatic rings. The normalized spacial score (nSPS) is 12.3. The van der Waals surface area contributed by atoms with Crippen molar-refractivity contribution in [2.24, 2.45) is 5.73 Å². The van der Waals surface area contributed by atoms with E-state index < -0.39 is 11.2 Å². The average Bonchev–Trinajstić information content (AvgIpc) is 2.58. The molecule has 0 saturated heterocycles. The number of benzene rings is 2. The van der Waals surface area contributed by atoms with Crippen LogP contribution in [0.15, 0.2) is 52.4 Å². The van der Waals surface area contributed by atoms with E-state index in [1.165, 1.54) is 11.8 Å². The molecule has 0 radical (unpaired) electrons. The highest BCUT2D eigenvalue weighted by molar-refractivity contribution is 8.00. The lowest BCUT2D eigenvalue weighted by molar-refractivity contribution is -0.117. The number of carbonyl (C=O) groups is 1. The molecule has 25 heavy (non-hydrogen) atoms. The Balaban J connectivity index is 2.34. The SMILES string of the molecule is Cc1ccc(C)c(-n2c(SC(C)C(N)=O)nc3ccccc3c2=O)c1. The Hall–Kier alpha value is -2.60. The number of hydrogen-bond acceptors (Lipinski definition) is 4. The summed E-state index contributed by atoms with van der Waals surface area (Å²) in [6.07, 6.45) is 0. The van der Waals surface area contributed by atoms with Crippen LogP contribution in [-0.4, -0.2) is 20.7 Å². The zero-order valence-electron chi connectivity index (χ0n) is 14.3. The lowest BCUT2D eigenvalue weighted by Crippen LogP contribution is -2.26. The molecular formula is C19H19N3O2S. The van der Waals surface area contributed by atoms with Gasteiger partial charge in [-0.15, -0.1) is 0 Å². The number of nitrogens with two attached hydrogens (primary N) is 1. The van der Waals surface area contributed by atoms with Gasteiger partial charge >= 0.3 is 0 Å². The molecule has 0 spiro atoms. The van der Waals surface area contributed by atoms with Crippen molar-refractivity contribution in [2.45, 2.75) is 31.2 Å². The molecule has 1 aromatic heterocycles. The van der Waals surface area contributed by atoms with Crippen LogP contribution < -0.4 is 11.3 Å². The van der Waals surface area contributed by atoms with E-state index in [0.29, 0.717) is 16.1 Å². The molecule has 6 heteroatoms. The third-order valence-electron chi connectivity index (χ3n) is 4.03. The van der Waals surface area contributed by atoms with Crippen molar-refractivity contribution in [2.75, 3.05) is 0 Å². The van der Waals surface area contributed by atoms with Crippen molar-refractivity contribution in [3.05, 3.63) is 63.9 Å². The third-order valence-corrected chi connectivity index (χ3v) is 5.10. The molecule has 2 aromatic carbocycles. The lowest BCUT2D eigenvalue weighted by atomic mass is 10.1. The van der Waals surface area contributed by atoms with Gasteiger partial charge in [-0.05, 0) is 50.1 Å². The Morgan fingerprint density at radius 3 is 2.64 bits per heavy atom. The molecule has 1 unspecified atom stereocenters.